The summed E-state index contributed by atoms with van der Waals surface area (Å²) in [7, 11) is -4.84. The van der Waals surface area contributed by atoms with Crippen LogP contribution in [0.3, 0.4) is 0 Å². The molecule has 8 heteroatoms. The van der Waals surface area contributed by atoms with E-state index >= 15 is 0 Å². The van der Waals surface area contributed by atoms with Gasteiger partial charge in [0.05, 0.1) is 21.9 Å². The van der Waals surface area contributed by atoms with Crippen LogP contribution >= 0.6 is 0 Å². The second kappa shape index (κ2) is 6.01. The van der Waals surface area contributed by atoms with E-state index in [1.54, 1.807) is 36.4 Å². The maximum Gasteiger partial charge on any atom is 0.297 e. The van der Waals surface area contributed by atoms with Crippen LogP contribution in [0.1, 0.15) is 11.1 Å². The van der Waals surface area contributed by atoms with Crippen molar-refractivity contribution in [2.45, 2.75) is 18.7 Å². The molecule has 2 aromatic heterocycles. The number of H-pyrrole nitrogens is 2. The lowest BCUT2D eigenvalue weighted by Gasteiger charge is -2.12. The van der Waals surface area contributed by atoms with E-state index in [-0.39, 0.29) is 21.8 Å². The predicted molar refractivity (Wildman–Crippen MR) is 117 cm³/mol. The van der Waals surface area contributed by atoms with E-state index in [1.807, 2.05) is 13.8 Å². The van der Waals surface area contributed by atoms with Crippen molar-refractivity contribution in [2.75, 3.05) is 0 Å². The quantitative estimate of drug-likeness (QED) is 0.283. The number of fused-ring (bicyclic) bond motifs is 4. The van der Waals surface area contributed by atoms with Gasteiger partial charge in [-0.15, -0.1) is 0 Å². The summed E-state index contributed by atoms with van der Waals surface area (Å²) in [5.74, 6) is 0. The number of aromatic nitrogens is 2. The van der Waals surface area contributed by atoms with Crippen LogP contribution in [0.5, 0.6) is 0 Å². The zero-order valence-corrected chi connectivity index (χ0v) is 16.8. The molecule has 3 N–H and O–H groups in total. The van der Waals surface area contributed by atoms with Crippen molar-refractivity contribution < 1.29 is 13.0 Å². The Morgan fingerprint density at radius 2 is 1.50 bits per heavy atom. The van der Waals surface area contributed by atoms with Gasteiger partial charge in [-0.2, -0.15) is 8.42 Å². The van der Waals surface area contributed by atoms with Crippen LogP contribution in [-0.2, 0) is 10.1 Å². The summed E-state index contributed by atoms with van der Waals surface area (Å²) in [5.41, 5.74) is 1.90. The van der Waals surface area contributed by atoms with Crippen molar-refractivity contribution >= 4 is 53.7 Å². The Kier molecular flexibility index (Phi) is 3.71. The number of nitrogens with one attached hydrogen (secondary N) is 2. The van der Waals surface area contributed by atoms with Crippen LogP contribution in [0.25, 0.3) is 43.6 Å². The Bertz CT molecular complexity index is 1780. The van der Waals surface area contributed by atoms with Gasteiger partial charge in [-0.1, -0.05) is 18.2 Å². The van der Waals surface area contributed by atoms with Gasteiger partial charge in [-0.3, -0.25) is 14.1 Å². The average molecular weight is 420 g/mol. The molecule has 5 aromatic rings. The smallest absolute Gasteiger partial charge is 0.297 e. The minimum Gasteiger partial charge on any atom is -0.354 e. The van der Waals surface area contributed by atoms with Gasteiger partial charge in [0.2, 0.25) is 0 Å². The van der Waals surface area contributed by atoms with E-state index in [9.17, 15) is 22.6 Å². The molecule has 150 valence electrons. The highest BCUT2D eigenvalue weighted by Gasteiger charge is 2.25. The Hall–Kier alpha value is -3.49. The standard InChI is InChI=1S/C22H16N2O5S/c1-10-7-8-13-18(11(10)2)24-16-9-14-19(22(30(27,28)29)17(16)21(13)26)23-15-6-4-3-5-12(15)20(14)25/h3-9H,1-2H3,(H,23,25)(H,24,26)(H,27,28,29). The van der Waals surface area contributed by atoms with Crippen molar-refractivity contribution in [3.8, 4) is 0 Å². The predicted octanol–water partition coefficient (Wildman–Crippen LogP) is 3.54. The highest BCUT2D eigenvalue weighted by atomic mass is 32.2. The Morgan fingerprint density at radius 3 is 2.23 bits per heavy atom. The third-order valence-electron chi connectivity index (χ3n) is 5.68. The largest absolute Gasteiger partial charge is 0.354 e. The number of pyridine rings is 2. The minimum atomic E-state index is -4.84. The molecule has 0 atom stereocenters. The van der Waals surface area contributed by atoms with Crippen LogP contribution in [0.4, 0.5) is 0 Å². The van der Waals surface area contributed by atoms with Crippen LogP contribution in [0, 0.1) is 13.8 Å². The fraction of sp³-hybridized carbons (Fsp3) is 0.0909. The fourth-order valence-corrected chi connectivity index (χ4v) is 4.93. The monoisotopic (exact) mass is 420 g/mol. The topological polar surface area (TPSA) is 120 Å². The van der Waals surface area contributed by atoms with E-state index in [1.165, 1.54) is 6.07 Å². The molecule has 0 bridgehead atoms. The molecule has 0 aliphatic heterocycles. The molecule has 0 spiro atoms. The van der Waals surface area contributed by atoms with Crippen molar-refractivity contribution in [3.05, 3.63) is 74.0 Å². The molecule has 0 amide bonds. The van der Waals surface area contributed by atoms with Crippen molar-refractivity contribution in [2.24, 2.45) is 0 Å². The second-order valence-corrected chi connectivity index (χ2v) is 8.77. The summed E-state index contributed by atoms with van der Waals surface area (Å²) in [6.07, 6.45) is 0. The summed E-state index contributed by atoms with van der Waals surface area (Å²) in [4.78, 5) is 31.8. The van der Waals surface area contributed by atoms with Crippen LogP contribution in [0.2, 0.25) is 0 Å². The summed E-state index contributed by atoms with van der Waals surface area (Å²) < 4.78 is 34.8. The molecular weight excluding hydrogens is 404 g/mol. The van der Waals surface area contributed by atoms with E-state index in [2.05, 4.69) is 9.97 Å². The highest BCUT2D eigenvalue weighted by molar-refractivity contribution is 7.86. The number of para-hydroxylation sites is 1. The molecule has 3 aromatic carbocycles. The molecule has 0 aliphatic rings. The zero-order valence-electron chi connectivity index (χ0n) is 16.0. The molecule has 7 nitrogen and oxygen atoms in total. The van der Waals surface area contributed by atoms with E-state index in [0.29, 0.717) is 21.8 Å². The average Bonchev–Trinajstić information content (AvgIpc) is 2.70. The van der Waals surface area contributed by atoms with Gasteiger partial charge in [0, 0.05) is 21.7 Å². The molecule has 0 saturated carbocycles. The van der Waals surface area contributed by atoms with Crippen LogP contribution in [0.15, 0.2) is 56.9 Å². The van der Waals surface area contributed by atoms with Gasteiger partial charge >= 0.3 is 0 Å². The number of hydrogen-bond donors (Lipinski definition) is 3. The van der Waals surface area contributed by atoms with Gasteiger partial charge < -0.3 is 9.97 Å². The molecule has 0 fully saturated rings. The Balaban J connectivity index is 2.18. The first-order valence-corrected chi connectivity index (χ1v) is 10.6. The third-order valence-corrected chi connectivity index (χ3v) is 6.61. The molecule has 0 saturated heterocycles. The molecule has 5 rings (SSSR count). The molecule has 0 radical (unpaired) electrons. The summed E-state index contributed by atoms with van der Waals surface area (Å²) in [5, 5.41) is 0.555. The normalized spacial score (nSPS) is 12.4. The van der Waals surface area contributed by atoms with Crippen molar-refractivity contribution in [3.63, 3.8) is 0 Å². The zero-order chi connectivity index (χ0) is 21.4. The Morgan fingerprint density at radius 1 is 0.800 bits per heavy atom. The van der Waals surface area contributed by atoms with E-state index in [4.69, 9.17) is 0 Å². The highest BCUT2D eigenvalue weighted by Crippen LogP contribution is 2.30. The molecule has 30 heavy (non-hydrogen) atoms. The number of benzene rings is 3. The molecule has 0 unspecified atom stereocenters. The van der Waals surface area contributed by atoms with Crippen LogP contribution < -0.4 is 10.9 Å². The first-order chi connectivity index (χ1) is 14.2. The van der Waals surface area contributed by atoms with Crippen molar-refractivity contribution in [1.29, 1.82) is 0 Å². The van der Waals surface area contributed by atoms with Gasteiger partial charge in [0.1, 0.15) is 4.90 Å². The molecular formula is C22H16N2O5S. The fourth-order valence-electron chi connectivity index (χ4n) is 4.05. The maximum absolute atomic E-state index is 13.3. The summed E-state index contributed by atoms with van der Waals surface area (Å²) >= 11 is 0. The maximum atomic E-state index is 13.3. The lowest BCUT2D eigenvalue weighted by molar-refractivity contribution is 0.485. The van der Waals surface area contributed by atoms with Crippen molar-refractivity contribution in [1.82, 2.24) is 9.97 Å². The second-order valence-electron chi connectivity index (χ2n) is 7.41. The molecule has 2 heterocycles. The van der Waals surface area contributed by atoms with Crippen LogP contribution in [-0.4, -0.2) is 22.9 Å². The lowest BCUT2D eigenvalue weighted by Crippen LogP contribution is -2.14. The van der Waals surface area contributed by atoms with Gasteiger partial charge in [0.15, 0.2) is 10.9 Å². The lowest BCUT2D eigenvalue weighted by atomic mass is 10.0. The number of hydrogen-bond acceptors (Lipinski definition) is 4. The van der Waals surface area contributed by atoms with Gasteiger partial charge in [0.25, 0.3) is 10.1 Å². The van der Waals surface area contributed by atoms with Gasteiger partial charge in [-0.05, 0) is 49.2 Å². The Labute approximate surface area is 169 Å². The number of aromatic amines is 2. The summed E-state index contributed by atoms with van der Waals surface area (Å²) in [6, 6.07) is 11.5. The number of aryl methyl sites for hydroxylation is 2. The number of rotatable bonds is 1. The third kappa shape index (κ3) is 2.44. The van der Waals surface area contributed by atoms with E-state index in [0.717, 1.165) is 11.1 Å². The minimum absolute atomic E-state index is 0.0640. The first kappa shape index (κ1) is 18.5. The van der Waals surface area contributed by atoms with E-state index < -0.39 is 25.9 Å². The SMILES string of the molecule is Cc1ccc2c(=O)c3c(S(=O)(=O)O)c4[nH]c5ccccc5c(=O)c4cc3[nH]c2c1C. The first-order valence-electron chi connectivity index (χ1n) is 9.19. The summed E-state index contributed by atoms with van der Waals surface area (Å²) in [6.45, 7) is 3.75. The van der Waals surface area contributed by atoms with Gasteiger partial charge in [-0.25, -0.2) is 0 Å². The molecule has 0 aliphatic carbocycles.